The lowest BCUT2D eigenvalue weighted by molar-refractivity contribution is -0.141. The lowest BCUT2D eigenvalue weighted by Gasteiger charge is -2.30. The Morgan fingerprint density at radius 1 is 1.50 bits per heavy atom. The first-order valence-electron chi connectivity index (χ1n) is 6.21. The van der Waals surface area contributed by atoms with E-state index in [-0.39, 0.29) is 12.4 Å². The highest BCUT2D eigenvalue weighted by atomic mass is 32.1. The molecule has 0 aliphatic heterocycles. The molecule has 1 aromatic carbocycles. The molecule has 1 rings (SSSR count). The standard InChI is InChI=1S/C14H19FO4S/c1-14(2,5-6-19-12(17)8-20)13(18)9-3-4-11(16)10(15)7-9/h3-4,7,13,16,18,20H,5-6,8H2,1-2H3/t13-/m0/s1. The maximum Gasteiger partial charge on any atom is 0.315 e. The normalized spacial score (nSPS) is 13.1. The summed E-state index contributed by atoms with van der Waals surface area (Å²) in [6, 6.07) is 3.76. The average Bonchev–Trinajstić information content (AvgIpc) is 2.40. The summed E-state index contributed by atoms with van der Waals surface area (Å²) in [6.07, 6.45) is -0.525. The second-order valence-electron chi connectivity index (χ2n) is 5.23. The van der Waals surface area contributed by atoms with Crippen LogP contribution in [0.1, 0.15) is 31.9 Å². The minimum atomic E-state index is -0.938. The van der Waals surface area contributed by atoms with E-state index in [1.807, 2.05) is 0 Å². The van der Waals surface area contributed by atoms with Gasteiger partial charge in [-0.25, -0.2) is 4.39 Å². The van der Waals surface area contributed by atoms with Gasteiger partial charge in [-0.05, 0) is 29.5 Å². The third-order valence-corrected chi connectivity index (χ3v) is 3.42. The van der Waals surface area contributed by atoms with Gasteiger partial charge < -0.3 is 14.9 Å². The fraction of sp³-hybridized carbons (Fsp3) is 0.500. The lowest BCUT2D eigenvalue weighted by Crippen LogP contribution is -2.25. The number of thiol groups is 1. The fourth-order valence-electron chi connectivity index (χ4n) is 1.75. The second-order valence-corrected chi connectivity index (χ2v) is 5.55. The van der Waals surface area contributed by atoms with Crippen LogP contribution in [0.15, 0.2) is 18.2 Å². The zero-order valence-corrected chi connectivity index (χ0v) is 12.4. The predicted molar refractivity (Wildman–Crippen MR) is 76.2 cm³/mol. The van der Waals surface area contributed by atoms with Crippen molar-refractivity contribution < 1.29 is 24.1 Å². The van der Waals surface area contributed by atoms with E-state index in [1.165, 1.54) is 12.1 Å². The van der Waals surface area contributed by atoms with Crippen LogP contribution in [0.4, 0.5) is 4.39 Å². The largest absolute Gasteiger partial charge is 0.505 e. The van der Waals surface area contributed by atoms with Crippen LogP contribution in [0.2, 0.25) is 0 Å². The Labute approximate surface area is 123 Å². The molecule has 0 spiro atoms. The van der Waals surface area contributed by atoms with E-state index >= 15 is 0 Å². The second kappa shape index (κ2) is 6.95. The number of phenols is 1. The number of aliphatic hydroxyl groups excluding tert-OH is 1. The Bertz CT molecular complexity index is 476. The van der Waals surface area contributed by atoms with Crippen molar-refractivity contribution in [3.8, 4) is 5.75 Å². The van der Waals surface area contributed by atoms with Crippen molar-refractivity contribution in [2.75, 3.05) is 12.4 Å². The van der Waals surface area contributed by atoms with E-state index in [0.717, 1.165) is 6.07 Å². The number of aromatic hydroxyl groups is 1. The highest BCUT2D eigenvalue weighted by molar-refractivity contribution is 7.81. The van der Waals surface area contributed by atoms with Gasteiger partial charge >= 0.3 is 5.97 Å². The van der Waals surface area contributed by atoms with Crippen LogP contribution in [-0.4, -0.2) is 28.5 Å². The van der Waals surface area contributed by atoms with E-state index in [1.54, 1.807) is 13.8 Å². The quantitative estimate of drug-likeness (QED) is 0.558. The summed E-state index contributed by atoms with van der Waals surface area (Å²) in [6.45, 7) is 3.73. The smallest absolute Gasteiger partial charge is 0.315 e. The summed E-state index contributed by atoms with van der Waals surface area (Å²) >= 11 is 3.79. The maximum absolute atomic E-state index is 13.3. The first-order valence-corrected chi connectivity index (χ1v) is 6.84. The minimum Gasteiger partial charge on any atom is -0.505 e. The minimum absolute atomic E-state index is 0.00611. The molecule has 0 aromatic heterocycles. The van der Waals surface area contributed by atoms with Gasteiger partial charge in [-0.1, -0.05) is 19.9 Å². The van der Waals surface area contributed by atoms with Crippen molar-refractivity contribution in [3.05, 3.63) is 29.6 Å². The van der Waals surface area contributed by atoms with E-state index in [9.17, 15) is 14.3 Å². The van der Waals surface area contributed by atoms with Gasteiger partial charge in [-0.3, -0.25) is 4.79 Å². The van der Waals surface area contributed by atoms with Gasteiger partial charge in [-0.15, -0.1) is 0 Å². The molecule has 0 bridgehead atoms. The monoisotopic (exact) mass is 302 g/mol. The number of carbonyl (C=O) groups is 1. The summed E-state index contributed by atoms with van der Waals surface area (Å²) in [7, 11) is 0. The van der Waals surface area contributed by atoms with Crippen molar-refractivity contribution in [2.45, 2.75) is 26.4 Å². The molecule has 0 fully saturated rings. The number of phenolic OH excluding ortho intramolecular Hbond substituents is 1. The number of aliphatic hydroxyl groups is 1. The van der Waals surface area contributed by atoms with Crippen LogP contribution in [0, 0.1) is 11.2 Å². The van der Waals surface area contributed by atoms with E-state index in [2.05, 4.69) is 12.6 Å². The SMILES string of the molecule is CC(C)(CCOC(=O)CS)[C@@H](O)c1ccc(O)c(F)c1. The summed E-state index contributed by atoms with van der Waals surface area (Å²) < 4.78 is 18.2. The molecule has 0 aliphatic carbocycles. The Morgan fingerprint density at radius 2 is 2.15 bits per heavy atom. The molecule has 0 aliphatic rings. The summed E-state index contributed by atoms with van der Waals surface area (Å²) in [5, 5.41) is 19.4. The fourth-order valence-corrected chi connectivity index (χ4v) is 1.85. The molecule has 4 nitrogen and oxygen atoms in total. The average molecular weight is 302 g/mol. The van der Waals surface area contributed by atoms with E-state index in [4.69, 9.17) is 9.84 Å². The molecular formula is C14H19FO4S. The number of halogens is 1. The molecular weight excluding hydrogens is 283 g/mol. The van der Waals surface area contributed by atoms with Crippen LogP contribution >= 0.6 is 12.6 Å². The molecule has 0 radical (unpaired) electrons. The van der Waals surface area contributed by atoms with Gasteiger partial charge in [0.15, 0.2) is 11.6 Å². The molecule has 0 saturated carbocycles. The van der Waals surface area contributed by atoms with Crippen LogP contribution in [0.5, 0.6) is 5.75 Å². The third kappa shape index (κ3) is 4.38. The number of benzene rings is 1. The molecule has 0 saturated heterocycles. The molecule has 6 heteroatoms. The molecule has 20 heavy (non-hydrogen) atoms. The predicted octanol–water partition coefficient (Wildman–Crippen LogP) is 2.45. The lowest BCUT2D eigenvalue weighted by atomic mass is 9.80. The summed E-state index contributed by atoms with van der Waals surface area (Å²) in [5.74, 6) is -1.65. The summed E-state index contributed by atoms with van der Waals surface area (Å²) in [5.41, 5.74) is -0.244. The van der Waals surface area contributed by atoms with Gasteiger partial charge in [0.2, 0.25) is 0 Å². The molecule has 0 unspecified atom stereocenters. The molecule has 112 valence electrons. The molecule has 1 aromatic rings. The van der Waals surface area contributed by atoms with Crippen LogP contribution < -0.4 is 0 Å². The molecule has 2 N–H and O–H groups in total. The number of esters is 1. The zero-order chi connectivity index (χ0) is 15.3. The summed E-state index contributed by atoms with van der Waals surface area (Å²) in [4.78, 5) is 11.0. The molecule has 1 atom stereocenters. The first kappa shape index (κ1) is 16.8. The zero-order valence-electron chi connectivity index (χ0n) is 11.5. The number of rotatable bonds is 6. The van der Waals surface area contributed by atoms with Crippen LogP contribution in [0.3, 0.4) is 0 Å². The van der Waals surface area contributed by atoms with Crippen molar-refractivity contribution in [3.63, 3.8) is 0 Å². The van der Waals surface area contributed by atoms with Crippen molar-refractivity contribution in [1.29, 1.82) is 0 Å². The maximum atomic E-state index is 13.3. The van der Waals surface area contributed by atoms with Gasteiger partial charge in [0.25, 0.3) is 0 Å². The highest BCUT2D eigenvalue weighted by Crippen LogP contribution is 2.37. The topological polar surface area (TPSA) is 66.8 Å². The first-order chi connectivity index (χ1) is 9.27. The van der Waals surface area contributed by atoms with Gasteiger partial charge in [0.05, 0.1) is 18.5 Å². The van der Waals surface area contributed by atoms with Gasteiger partial charge in [0, 0.05) is 0 Å². The Balaban J connectivity index is 2.70. The number of ether oxygens (including phenoxy) is 1. The van der Waals surface area contributed by atoms with Gasteiger partial charge in [0.1, 0.15) is 0 Å². The van der Waals surface area contributed by atoms with Crippen molar-refractivity contribution in [2.24, 2.45) is 5.41 Å². The van der Waals surface area contributed by atoms with Crippen LogP contribution in [-0.2, 0) is 9.53 Å². The van der Waals surface area contributed by atoms with E-state index < -0.39 is 29.1 Å². The Kier molecular flexibility index (Phi) is 5.83. The number of hydrogen-bond donors (Lipinski definition) is 3. The highest BCUT2D eigenvalue weighted by Gasteiger charge is 2.29. The Morgan fingerprint density at radius 3 is 2.70 bits per heavy atom. The van der Waals surface area contributed by atoms with E-state index in [0.29, 0.717) is 12.0 Å². The third-order valence-electron chi connectivity index (χ3n) is 3.17. The van der Waals surface area contributed by atoms with Crippen molar-refractivity contribution >= 4 is 18.6 Å². The molecule has 0 heterocycles. The van der Waals surface area contributed by atoms with Crippen LogP contribution in [0.25, 0.3) is 0 Å². The number of hydrogen-bond acceptors (Lipinski definition) is 5. The molecule has 0 amide bonds. The Hall–Kier alpha value is -1.27. The number of carbonyl (C=O) groups excluding carboxylic acids is 1. The van der Waals surface area contributed by atoms with Gasteiger partial charge in [-0.2, -0.15) is 12.6 Å². The van der Waals surface area contributed by atoms with Crippen molar-refractivity contribution in [1.82, 2.24) is 0 Å².